The first-order chi connectivity index (χ1) is 14.2. The number of piperidine rings is 1. The van der Waals surface area contributed by atoms with E-state index in [1.807, 2.05) is 54.6 Å². The maximum atomic E-state index is 12.6. The summed E-state index contributed by atoms with van der Waals surface area (Å²) in [5, 5.41) is 3.64. The van der Waals surface area contributed by atoms with Crippen molar-refractivity contribution >= 4 is 23.3 Å². The van der Waals surface area contributed by atoms with Gasteiger partial charge in [0.1, 0.15) is 12.1 Å². The molecule has 6 heteroatoms. The van der Waals surface area contributed by atoms with Crippen LogP contribution in [-0.2, 0) is 6.54 Å². The van der Waals surface area contributed by atoms with Gasteiger partial charge >= 0.3 is 0 Å². The predicted octanol–water partition coefficient (Wildman–Crippen LogP) is 4.72. The molecule has 148 valence electrons. The van der Waals surface area contributed by atoms with Gasteiger partial charge in [0.05, 0.1) is 5.69 Å². The quantitative estimate of drug-likeness (QED) is 0.666. The van der Waals surface area contributed by atoms with E-state index in [0.29, 0.717) is 17.1 Å². The summed E-state index contributed by atoms with van der Waals surface area (Å²) < 4.78 is 0. The van der Waals surface area contributed by atoms with Crippen molar-refractivity contribution in [1.82, 2.24) is 15.3 Å². The average molecular weight is 407 g/mol. The Bertz CT molecular complexity index is 984. The number of carbonyl (C=O) groups excluding carboxylic acids is 1. The molecule has 1 N–H and O–H groups in total. The van der Waals surface area contributed by atoms with Crippen molar-refractivity contribution in [1.29, 1.82) is 0 Å². The maximum Gasteiger partial charge on any atom is 0.251 e. The van der Waals surface area contributed by atoms with Crippen molar-refractivity contribution in [3.05, 3.63) is 77.1 Å². The third kappa shape index (κ3) is 4.93. The van der Waals surface area contributed by atoms with Gasteiger partial charge in [-0.2, -0.15) is 0 Å². The molecule has 1 fully saturated rings. The molecule has 0 radical (unpaired) electrons. The van der Waals surface area contributed by atoms with E-state index in [4.69, 9.17) is 11.6 Å². The Morgan fingerprint density at radius 1 is 1.00 bits per heavy atom. The number of nitrogens with one attached hydrogen (secondary N) is 1. The Hall–Kier alpha value is -2.92. The van der Waals surface area contributed by atoms with Gasteiger partial charge in [0.15, 0.2) is 0 Å². The number of aromatic nitrogens is 2. The summed E-state index contributed by atoms with van der Waals surface area (Å²) in [5.74, 6) is 0.833. The second-order valence-corrected chi connectivity index (χ2v) is 7.64. The molecule has 1 aromatic heterocycles. The lowest BCUT2D eigenvalue weighted by Gasteiger charge is -2.27. The van der Waals surface area contributed by atoms with Crippen LogP contribution in [0, 0.1) is 0 Å². The number of amides is 1. The molecular formula is C23H23ClN4O. The average Bonchev–Trinajstić information content (AvgIpc) is 2.79. The van der Waals surface area contributed by atoms with E-state index in [-0.39, 0.29) is 5.91 Å². The van der Waals surface area contributed by atoms with E-state index in [0.717, 1.165) is 35.7 Å². The van der Waals surface area contributed by atoms with Crippen LogP contribution in [0.25, 0.3) is 11.3 Å². The molecule has 3 aromatic rings. The minimum Gasteiger partial charge on any atom is -0.357 e. The first-order valence-electron chi connectivity index (χ1n) is 9.89. The highest BCUT2D eigenvalue weighted by atomic mass is 35.5. The Labute approximate surface area is 175 Å². The first-order valence-corrected chi connectivity index (χ1v) is 10.3. The highest BCUT2D eigenvalue weighted by Gasteiger charge is 2.14. The molecular weight excluding hydrogens is 384 g/mol. The van der Waals surface area contributed by atoms with Gasteiger partial charge < -0.3 is 10.2 Å². The highest BCUT2D eigenvalue weighted by Crippen LogP contribution is 2.24. The maximum absolute atomic E-state index is 12.6. The number of halogens is 1. The molecule has 1 aliphatic rings. The normalized spacial score (nSPS) is 13.9. The zero-order valence-corrected chi connectivity index (χ0v) is 16.9. The molecule has 2 aromatic carbocycles. The van der Waals surface area contributed by atoms with Crippen LogP contribution >= 0.6 is 11.6 Å². The van der Waals surface area contributed by atoms with E-state index in [1.54, 1.807) is 6.33 Å². The molecule has 2 heterocycles. The number of hydrogen-bond donors (Lipinski definition) is 1. The molecule has 1 aliphatic heterocycles. The van der Waals surface area contributed by atoms with E-state index >= 15 is 0 Å². The second kappa shape index (κ2) is 9.05. The second-order valence-electron chi connectivity index (χ2n) is 7.20. The van der Waals surface area contributed by atoms with Gasteiger partial charge in [-0.1, -0.05) is 35.9 Å². The van der Waals surface area contributed by atoms with Crippen LogP contribution in [0.1, 0.15) is 35.2 Å². The fraction of sp³-hybridized carbons (Fsp3) is 0.261. The lowest BCUT2D eigenvalue weighted by atomic mass is 10.1. The van der Waals surface area contributed by atoms with Crippen LogP contribution < -0.4 is 10.2 Å². The number of carbonyl (C=O) groups is 1. The van der Waals surface area contributed by atoms with Crippen molar-refractivity contribution in [2.75, 3.05) is 18.0 Å². The van der Waals surface area contributed by atoms with Gasteiger partial charge in [0, 0.05) is 41.9 Å². The Morgan fingerprint density at radius 3 is 2.59 bits per heavy atom. The predicted molar refractivity (Wildman–Crippen MR) is 116 cm³/mol. The number of hydrogen-bond acceptors (Lipinski definition) is 4. The monoisotopic (exact) mass is 406 g/mol. The van der Waals surface area contributed by atoms with Crippen molar-refractivity contribution in [3.8, 4) is 11.3 Å². The third-order valence-corrected chi connectivity index (χ3v) is 5.37. The number of benzene rings is 2. The van der Waals surface area contributed by atoms with Crippen molar-refractivity contribution < 1.29 is 4.79 Å². The molecule has 0 atom stereocenters. The van der Waals surface area contributed by atoms with Crippen molar-refractivity contribution in [3.63, 3.8) is 0 Å². The molecule has 4 rings (SSSR count). The number of rotatable bonds is 5. The van der Waals surface area contributed by atoms with Gasteiger partial charge in [-0.3, -0.25) is 4.79 Å². The minimum absolute atomic E-state index is 0.118. The lowest BCUT2D eigenvalue weighted by Crippen LogP contribution is -2.30. The molecule has 1 amide bonds. The van der Waals surface area contributed by atoms with E-state index in [2.05, 4.69) is 20.2 Å². The Morgan fingerprint density at radius 2 is 1.79 bits per heavy atom. The number of nitrogens with zero attached hydrogens (tertiary/aromatic N) is 3. The third-order valence-electron chi connectivity index (χ3n) is 5.12. The SMILES string of the molecule is O=C(NCc1ccc(Cl)cc1)c1cccc(-c2cc(N3CCCCC3)ncn2)c1. The van der Waals surface area contributed by atoms with Gasteiger partial charge in [-0.25, -0.2) is 9.97 Å². The molecule has 0 spiro atoms. The summed E-state index contributed by atoms with van der Waals surface area (Å²) >= 11 is 5.91. The van der Waals surface area contributed by atoms with Gasteiger partial charge in [-0.05, 0) is 49.1 Å². The zero-order valence-electron chi connectivity index (χ0n) is 16.1. The zero-order chi connectivity index (χ0) is 20.1. The molecule has 0 bridgehead atoms. The summed E-state index contributed by atoms with van der Waals surface area (Å²) in [4.78, 5) is 23.8. The smallest absolute Gasteiger partial charge is 0.251 e. The summed E-state index contributed by atoms with van der Waals surface area (Å²) in [6.45, 7) is 2.51. The Kier molecular flexibility index (Phi) is 6.06. The Balaban J connectivity index is 1.48. The van der Waals surface area contributed by atoms with Crippen LogP contribution in [0.3, 0.4) is 0 Å². The largest absolute Gasteiger partial charge is 0.357 e. The van der Waals surface area contributed by atoms with Crippen LogP contribution in [-0.4, -0.2) is 29.0 Å². The molecule has 29 heavy (non-hydrogen) atoms. The van der Waals surface area contributed by atoms with Crippen LogP contribution in [0.15, 0.2) is 60.9 Å². The van der Waals surface area contributed by atoms with Crippen LogP contribution in [0.5, 0.6) is 0 Å². The molecule has 0 unspecified atom stereocenters. The van der Waals surface area contributed by atoms with Gasteiger partial charge in [0.25, 0.3) is 5.91 Å². The van der Waals surface area contributed by atoms with Crippen LogP contribution in [0.2, 0.25) is 5.02 Å². The molecule has 5 nitrogen and oxygen atoms in total. The summed E-state index contributed by atoms with van der Waals surface area (Å²) in [6.07, 6.45) is 5.28. The fourth-order valence-electron chi connectivity index (χ4n) is 3.51. The fourth-order valence-corrected chi connectivity index (χ4v) is 3.63. The summed E-state index contributed by atoms with van der Waals surface area (Å²) in [6, 6.07) is 17.0. The summed E-state index contributed by atoms with van der Waals surface area (Å²) in [5.41, 5.74) is 3.34. The highest BCUT2D eigenvalue weighted by molar-refractivity contribution is 6.30. The topological polar surface area (TPSA) is 58.1 Å². The summed E-state index contributed by atoms with van der Waals surface area (Å²) in [7, 11) is 0. The van der Waals surface area contributed by atoms with Gasteiger partial charge in [0.2, 0.25) is 0 Å². The molecule has 0 saturated carbocycles. The molecule has 1 saturated heterocycles. The van der Waals surface area contributed by atoms with E-state index in [9.17, 15) is 4.79 Å². The van der Waals surface area contributed by atoms with E-state index in [1.165, 1.54) is 19.3 Å². The standard InChI is InChI=1S/C23H23ClN4O/c24-20-9-7-17(8-10-20)15-25-23(29)19-6-4-5-18(13-19)21-14-22(27-16-26-21)28-11-2-1-3-12-28/h4-10,13-14,16H,1-3,11-12,15H2,(H,25,29). The minimum atomic E-state index is -0.118. The number of anilines is 1. The first kappa shape index (κ1) is 19.4. The van der Waals surface area contributed by atoms with Crippen molar-refractivity contribution in [2.24, 2.45) is 0 Å². The lowest BCUT2D eigenvalue weighted by molar-refractivity contribution is 0.0951. The van der Waals surface area contributed by atoms with Gasteiger partial charge in [-0.15, -0.1) is 0 Å². The van der Waals surface area contributed by atoms with E-state index < -0.39 is 0 Å². The van der Waals surface area contributed by atoms with Crippen molar-refractivity contribution in [2.45, 2.75) is 25.8 Å². The molecule has 0 aliphatic carbocycles. The van der Waals surface area contributed by atoms with Crippen LogP contribution in [0.4, 0.5) is 5.82 Å².